The van der Waals surface area contributed by atoms with Crippen molar-refractivity contribution in [2.75, 3.05) is 13.2 Å². The lowest BCUT2D eigenvalue weighted by Gasteiger charge is -2.40. The van der Waals surface area contributed by atoms with Gasteiger partial charge >= 0.3 is 0 Å². The number of aliphatic hydroxyl groups is 5. The first kappa shape index (κ1) is 45.4. The zero-order valence-electron chi connectivity index (χ0n) is 30.9. The topological polar surface area (TPSA) is 149 Å². The molecule has 0 aromatic rings. The number of allylic oxidation sites excluding steroid dienone is 6. The van der Waals surface area contributed by atoms with E-state index < -0.39 is 49.5 Å². The molecule has 49 heavy (non-hydrogen) atoms. The molecule has 7 atom stereocenters. The average Bonchev–Trinajstić information content (AvgIpc) is 3.10. The van der Waals surface area contributed by atoms with Crippen LogP contribution in [0.1, 0.15) is 155 Å². The smallest absolute Gasteiger partial charge is 0.220 e. The van der Waals surface area contributed by atoms with Crippen molar-refractivity contribution < 1.29 is 39.8 Å². The van der Waals surface area contributed by atoms with Crippen LogP contribution in [-0.4, -0.2) is 87.5 Å². The van der Waals surface area contributed by atoms with Crippen LogP contribution in [-0.2, 0) is 14.3 Å². The first-order chi connectivity index (χ1) is 23.8. The van der Waals surface area contributed by atoms with E-state index in [4.69, 9.17) is 9.47 Å². The van der Waals surface area contributed by atoms with Crippen LogP contribution in [0.5, 0.6) is 0 Å². The first-order valence-corrected chi connectivity index (χ1v) is 19.7. The fourth-order valence-electron chi connectivity index (χ4n) is 6.06. The summed E-state index contributed by atoms with van der Waals surface area (Å²) in [5.74, 6) is -0.176. The molecule has 7 unspecified atom stereocenters. The third kappa shape index (κ3) is 22.8. The molecule has 0 radical (unpaired) electrons. The second-order valence-corrected chi connectivity index (χ2v) is 13.7. The molecule has 0 saturated carbocycles. The molecule has 1 aliphatic heterocycles. The van der Waals surface area contributed by atoms with Gasteiger partial charge < -0.3 is 40.3 Å². The zero-order valence-corrected chi connectivity index (χ0v) is 30.9. The first-order valence-electron chi connectivity index (χ1n) is 19.7. The van der Waals surface area contributed by atoms with Gasteiger partial charge in [0, 0.05) is 6.42 Å². The quantitative estimate of drug-likeness (QED) is 0.0338. The number of hydrogen-bond acceptors (Lipinski definition) is 8. The molecule has 1 rings (SSSR count). The Bertz CT molecular complexity index is 863. The van der Waals surface area contributed by atoms with Crippen LogP contribution in [0, 0.1) is 0 Å². The summed E-state index contributed by atoms with van der Waals surface area (Å²) in [6.45, 7) is 3.67. The molecule has 1 heterocycles. The fourth-order valence-corrected chi connectivity index (χ4v) is 6.06. The molecular formula is C40H73NO8. The summed E-state index contributed by atoms with van der Waals surface area (Å²) in [5.41, 5.74) is 0. The van der Waals surface area contributed by atoms with Crippen LogP contribution in [0.15, 0.2) is 36.5 Å². The minimum atomic E-state index is -1.56. The van der Waals surface area contributed by atoms with Gasteiger partial charge in [-0.05, 0) is 44.9 Å². The minimum absolute atomic E-state index is 0.151. The van der Waals surface area contributed by atoms with Crippen molar-refractivity contribution in [3.63, 3.8) is 0 Å². The van der Waals surface area contributed by atoms with Crippen molar-refractivity contribution in [2.24, 2.45) is 0 Å². The maximum atomic E-state index is 12.9. The van der Waals surface area contributed by atoms with E-state index in [2.05, 4.69) is 55.6 Å². The predicted molar refractivity (Wildman–Crippen MR) is 198 cm³/mol. The molecule has 0 aromatic heterocycles. The molecular weight excluding hydrogens is 622 g/mol. The van der Waals surface area contributed by atoms with Crippen LogP contribution in [0.2, 0.25) is 0 Å². The van der Waals surface area contributed by atoms with Gasteiger partial charge in [-0.25, -0.2) is 0 Å². The molecule has 0 aromatic carbocycles. The van der Waals surface area contributed by atoms with Crippen LogP contribution in [0.25, 0.3) is 0 Å². The molecule has 1 fully saturated rings. The van der Waals surface area contributed by atoms with E-state index in [0.29, 0.717) is 12.8 Å². The number of unbranched alkanes of at least 4 members (excludes halogenated alkanes) is 15. The summed E-state index contributed by atoms with van der Waals surface area (Å²) >= 11 is 0. The average molecular weight is 696 g/mol. The van der Waals surface area contributed by atoms with E-state index in [1.54, 1.807) is 0 Å². The molecule has 0 spiro atoms. The van der Waals surface area contributed by atoms with E-state index in [1.807, 2.05) is 0 Å². The van der Waals surface area contributed by atoms with Gasteiger partial charge in [0.1, 0.15) is 24.4 Å². The summed E-state index contributed by atoms with van der Waals surface area (Å²) in [6, 6.07) is -0.731. The monoisotopic (exact) mass is 696 g/mol. The molecule has 1 aliphatic rings. The lowest BCUT2D eigenvalue weighted by atomic mass is 9.99. The van der Waals surface area contributed by atoms with E-state index in [1.165, 1.54) is 64.2 Å². The highest BCUT2D eigenvalue weighted by atomic mass is 16.7. The standard InChI is InChI=1S/C40H73NO8/c1-3-5-7-9-11-13-15-17-19-21-23-25-27-29-34(43)33(32-48-40-39(47)38(46)37(45)35(31-42)49-40)41-36(44)30-28-26-24-22-20-18-16-14-12-10-8-6-4-2/h6,8,12,14,18,20,33-35,37-40,42-43,45-47H,3-5,7,9-11,13,15-17,19,21-32H2,1-2H3,(H,41,44)/b8-6-,14-12-,20-18-. The number of carbonyl (C=O) groups excluding carboxylic acids is 1. The van der Waals surface area contributed by atoms with Crippen molar-refractivity contribution in [1.29, 1.82) is 0 Å². The molecule has 9 nitrogen and oxygen atoms in total. The van der Waals surface area contributed by atoms with Crippen LogP contribution < -0.4 is 5.32 Å². The SMILES string of the molecule is CC/C=C\C/C=C\C/C=C\CCCCCC(=O)NC(COC1OC(CO)C(O)C(O)C1O)C(O)CCCCCCCCCCCCCCC. The van der Waals surface area contributed by atoms with Crippen LogP contribution in [0.4, 0.5) is 0 Å². The van der Waals surface area contributed by atoms with E-state index in [-0.39, 0.29) is 12.5 Å². The number of rotatable bonds is 31. The summed E-state index contributed by atoms with van der Waals surface area (Å²) in [7, 11) is 0. The van der Waals surface area contributed by atoms with Gasteiger partial charge in [-0.1, -0.05) is 140 Å². The second kappa shape index (κ2) is 31.2. The number of carbonyl (C=O) groups is 1. The third-order valence-corrected chi connectivity index (χ3v) is 9.26. The molecule has 1 saturated heterocycles. The van der Waals surface area contributed by atoms with E-state index in [9.17, 15) is 30.3 Å². The Morgan fingerprint density at radius 2 is 1.27 bits per heavy atom. The van der Waals surface area contributed by atoms with Gasteiger partial charge in [0.25, 0.3) is 0 Å². The third-order valence-electron chi connectivity index (χ3n) is 9.26. The number of amides is 1. The predicted octanol–water partition coefficient (Wildman–Crippen LogP) is 6.94. The van der Waals surface area contributed by atoms with E-state index in [0.717, 1.165) is 64.2 Å². The molecule has 0 aliphatic carbocycles. The number of ether oxygens (including phenoxy) is 2. The maximum absolute atomic E-state index is 12.9. The molecule has 1 amide bonds. The normalized spacial score (nSPS) is 22.8. The van der Waals surface area contributed by atoms with Crippen LogP contribution >= 0.6 is 0 Å². The zero-order chi connectivity index (χ0) is 36.0. The lowest BCUT2D eigenvalue weighted by Crippen LogP contribution is -2.60. The summed E-state index contributed by atoms with van der Waals surface area (Å²) in [5, 5.41) is 54.0. The summed E-state index contributed by atoms with van der Waals surface area (Å²) in [4.78, 5) is 12.9. The Kier molecular flexibility index (Phi) is 28.9. The minimum Gasteiger partial charge on any atom is -0.394 e. The summed E-state index contributed by atoms with van der Waals surface area (Å²) < 4.78 is 11.2. The maximum Gasteiger partial charge on any atom is 0.220 e. The van der Waals surface area contributed by atoms with E-state index >= 15 is 0 Å². The highest BCUT2D eigenvalue weighted by molar-refractivity contribution is 5.76. The van der Waals surface area contributed by atoms with Gasteiger partial charge in [0.05, 0.1) is 25.4 Å². The Hall–Kier alpha value is -1.59. The van der Waals surface area contributed by atoms with Crippen molar-refractivity contribution in [3.8, 4) is 0 Å². The van der Waals surface area contributed by atoms with Gasteiger partial charge in [-0.15, -0.1) is 0 Å². The molecule has 0 bridgehead atoms. The van der Waals surface area contributed by atoms with Crippen molar-refractivity contribution >= 4 is 5.91 Å². The molecule has 286 valence electrons. The van der Waals surface area contributed by atoms with Crippen LogP contribution in [0.3, 0.4) is 0 Å². The molecule has 9 heteroatoms. The Morgan fingerprint density at radius 3 is 1.86 bits per heavy atom. The highest BCUT2D eigenvalue weighted by Gasteiger charge is 2.44. The summed E-state index contributed by atoms with van der Waals surface area (Å²) in [6.07, 6.45) is 28.6. The van der Waals surface area contributed by atoms with Gasteiger partial charge in [-0.2, -0.15) is 0 Å². The number of hydrogen-bond donors (Lipinski definition) is 6. The van der Waals surface area contributed by atoms with Crippen molar-refractivity contribution in [2.45, 2.75) is 198 Å². The second-order valence-electron chi connectivity index (χ2n) is 13.7. The largest absolute Gasteiger partial charge is 0.394 e. The van der Waals surface area contributed by atoms with Gasteiger partial charge in [-0.3, -0.25) is 4.79 Å². The Balaban J connectivity index is 2.44. The van der Waals surface area contributed by atoms with Crippen molar-refractivity contribution in [3.05, 3.63) is 36.5 Å². The number of nitrogens with one attached hydrogen (secondary N) is 1. The highest BCUT2D eigenvalue weighted by Crippen LogP contribution is 2.23. The lowest BCUT2D eigenvalue weighted by molar-refractivity contribution is -0.302. The Morgan fingerprint density at radius 1 is 0.714 bits per heavy atom. The van der Waals surface area contributed by atoms with Gasteiger partial charge in [0.2, 0.25) is 5.91 Å². The van der Waals surface area contributed by atoms with Crippen molar-refractivity contribution in [1.82, 2.24) is 5.32 Å². The van der Waals surface area contributed by atoms with Gasteiger partial charge in [0.15, 0.2) is 6.29 Å². The fraction of sp³-hybridized carbons (Fsp3) is 0.825. The number of aliphatic hydroxyl groups excluding tert-OH is 5. The molecule has 6 N–H and O–H groups in total. The Labute approximate surface area is 298 Å².